The second-order valence-electron chi connectivity index (χ2n) is 4.86. The quantitative estimate of drug-likeness (QED) is 0.840. The molecular formula is C14H20BrNS. The van der Waals surface area contributed by atoms with Crippen LogP contribution in [0.15, 0.2) is 27.6 Å². The highest BCUT2D eigenvalue weighted by molar-refractivity contribution is 9.10. The van der Waals surface area contributed by atoms with Crippen LogP contribution in [0, 0.1) is 0 Å². The van der Waals surface area contributed by atoms with Crippen LogP contribution in [0.25, 0.3) is 0 Å². The normalized spacial score (nSPS) is 19.2. The Kier molecular flexibility index (Phi) is 4.56. The van der Waals surface area contributed by atoms with E-state index in [0.29, 0.717) is 0 Å². The van der Waals surface area contributed by atoms with Gasteiger partial charge in [-0.15, -0.1) is 11.8 Å². The Balaban J connectivity index is 2.49. The molecule has 0 saturated heterocycles. The smallest absolute Gasteiger partial charge is 0.0224 e. The van der Waals surface area contributed by atoms with Crippen LogP contribution in [0.5, 0.6) is 0 Å². The van der Waals surface area contributed by atoms with Crippen LogP contribution in [-0.2, 0) is 5.41 Å². The lowest BCUT2D eigenvalue weighted by Crippen LogP contribution is -2.38. The van der Waals surface area contributed by atoms with Crippen molar-refractivity contribution in [2.24, 2.45) is 5.73 Å². The molecule has 1 aliphatic carbocycles. The lowest BCUT2D eigenvalue weighted by atomic mass is 9.69. The highest BCUT2D eigenvalue weighted by Crippen LogP contribution is 2.45. The summed E-state index contributed by atoms with van der Waals surface area (Å²) in [6.07, 6.45) is 8.61. The molecule has 1 aromatic carbocycles. The van der Waals surface area contributed by atoms with Gasteiger partial charge < -0.3 is 5.73 Å². The zero-order valence-corrected chi connectivity index (χ0v) is 12.7. The van der Waals surface area contributed by atoms with Crippen molar-refractivity contribution in [1.29, 1.82) is 0 Å². The molecule has 0 bridgehead atoms. The maximum atomic E-state index is 6.13. The first-order valence-corrected chi connectivity index (χ1v) is 8.28. The fourth-order valence-electron chi connectivity index (χ4n) is 2.97. The summed E-state index contributed by atoms with van der Waals surface area (Å²) in [6.45, 7) is 0.767. The van der Waals surface area contributed by atoms with Crippen LogP contribution >= 0.6 is 27.7 Å². The summed E-state index contributed by atoms with van der Waals surface area (Å²) in [7, 11) is 0. The minimum Gasteiger partial charge on any atom is -0.330 e. The van der Waals surface area contributed by atoms with Gasteiger partial charge in [-0.3, -0.25) is 0 Å². The summed E-state index contributed by atoms with van der Waals surface area (Å²) in [6, 6.07) is 6.49. The predicted octanol–water partition coefficient (Wildman–Crippen LogP) is 4.33. The first-order chi connectivity index (χ1) is 8.23. The van der Waals surface area contributed by atoms with E-state index in [1.807, 2.05) is 11.8 Å². The molecule has 1 saturated carbocycles. The molecule has 3 heteroatoms. The molecule has 1 aliphatic rings. The summed E-state index contributed by atoms with van der Waals surface area (Å²) in [4.78, 5) is 1.38. The molecule has 94 valence electrons. The summed E-state index contributed by atoms with van der Waals surface area (Å²) < 4.78 is 1.23. The lowest BCUT2D eigenvalue weighted by Gasteiger charge is -2.38. The average molecular weight is 314 g/mol. The third-order valence-corrected chi connectivity index (χ3v) is 5.37. The van der Waals surface area contributed by atoms with Crippen molar-refractivity contribution in [3.05, 3.63) is 28.2 Å². The van der Waals surface area contributed by atoms with Crippen molar-refractivity contribution >= 4 is 27.7 Å². The molecule has 17 heavy (non-hydrogen) atoms. The molecule has 1 aromatic rings. The van der Waals surface area contributed by atoms with Crippen molar-refractivity contribution in [1.82, 2.24) is 0 Å². The molecular weight excluding hydrogens is 294 g/mol. The maximum Gasteiger partial charge on any atom is 0.0224 e. The fraction of sp³-hybridized carbons (Fsp3) is 0.571. The third-order valence-electron chi connectivity index (χ3n) is 3.93. The Labute approximate surface area is 117 Å². The van der Waals surface area contributed by atoms with Crippen molar-refractivity contribution in [3.63, 3.8) is 0 Å². The van der Waals surface area contributed by atoms with E-state index in [1.165, 1.54) is 47.0 Å². The molecule has 1 nitrogen and oxygen atoms in total. The minimum absolute atomic E-state index is 0.205. The van der Waals surface area contributed by atoms with E-state index in [0.717, 1.165) is 6.54 Å². The molecule has 0 aliphatic heterocycles. The first-order valence-electron chi connectivity index (χ1n) is 6.26. The Morgan fingerprint density at radius 2 is 2.00 bits per heavy atom. The Bertz CT molecular complexity index is 386. The van der Waals surface area contributed by atoms with Crippen molar-refractivity contribution in [2.75, 3.05) is 12.8 Å². The highest BCUT2D eigenvalue weighted by atomic mass is 79.9. The molecule has 1 fully saturated rings. The molecule has 0 spiro atoms. The number of halogens is 1. The van der Waals surface area contributed by atoms with Gasteiger partial charge in [0.1, 0.15) is 0 Å². The second-order valence-corrected chi connectivity index (χ2v) is 6.56. The van der Waals surface area contributed by atoms with E-state index in [2.05, 4.69) is 40.4 Å². The number of nitrogens with two attached hydrogens (primary N) is 1. The minimum atomic E-state index is 0.205. The van der Waals surface area contributed by atoms with Gasteiger partial charge in [0, 0.05) is 21.3 Å². The molecule has 2 rings (SSSR count). The van der Waals surface area contributed by atoms with E-state index < -0.39 is 0 Å². The van der Waals surface area contributed by atoms with Gasteiger partial charge in [0.25, 0.3) is 0 Å². The van der Waals surface area contributed by atoms with Gasteiger partial charge in [-0.25, -0.2) is 0 Å². The van der Waals surface area contributed by atoms with Gasteiger partial charge >= 0.3 is 0 Å². The molecule has 0 aromatic heterocycles. The van der Waals surface area contributed by atoms with Gasteiger partial charge in [-0.1, -0.05) is 41.3 Å². The largest absolute Gasteiger partial charge is 0.330 e. The van der Waals surface area contributed by atoms with Gasteiger partial charge in [0.05, 0.1) is 0 Å². The summed E-state index contributed by atoms with van der Waals surface area (Å²) in [5.74, 6) is 0. The number of benzene rings is 1. The molecule has 0 atom stereocenters. The predicted molar refractivity (Wildman–Crippen MR) is 79.7 cm³/mol. The average Bonchev–Trinajstić information content (AvgIpc) is 2.39. The van der Waals surface area contributed by atoms with Gasteiger partial charge in [0.15, 0.2) is 0 Å². The fourth-order valence-corrected chi connectivity index (χ4v) is 4.64. The second kappa shape index (κ2) is 5.77. The van der Waals surface area contributed by atoms with E-state index in [4.69, 9.17) is 5.73 Å². The lowest BCUT2D eigenvalue weighted by molar-refractivity contribution is 0.295. The van der Waals surface area contributed by atoms with E-state index >= 15 is 0 Å². The molecule has 0 unspecified atom stereocenters. The zero-order chi connectivity index (χ0) is 12.3. The maximum absolute atomic E-state index is 6.13. The summed E-state index contributed by atoms with van der Waals surface area (Å²) >= 11 is 5.56. The van der Waals surface area contributed by atoms with Gasteiger partial charge in [0.2, 0.25) is 0 Å². The SMILES string of the molecule is CSc1cccc(Br)c1C1(CN)CCCCC1. The van der Waals surface area contributed by atoms with Crippen LogP contribution in [0.2, 0.25) is 0 Å². The van der Waals surface area contributed by atoms with Crippen LogP contribution in [0.1, 0.15) is 37.7 Å². The monoisotopic (exact) mass is 313 g/mol. The van der Waals surface area contributed by atoms with E-state index in [9.17, 15) is 0 Å². The third kappa shape index (κ3) is 2.56. The van der Waals surface area contributed by atoms with Gasteiger partial charge in [-0.2, -0.15) is 0 Å². The molecule has 0 heterocycles. The van der Waals surface area contributed by atoms with E-state index in [-0.39, 0.29) is 5.41 Å². The Hall–Kier alpha value is 0.01000. The van der Waals surface area contributed by atoms with Gasteiger partial charge in [-0.05, 0) is 36.8 Å². The standard InChI is InChI=1S/C14H20BrNS/c1-17-12-7-5-6-11(15)13(12)14(10-16)8-3-2-4-9-14/h5-7H,2-4,8-10,16H2,1H3. The highest BCUT2D eigenvalue weighted by Gasteiger charge is 2.35. The Morgan fingerprint density at radius 3 is 2.59 bits per heavy atom. The van der Waals surface area contributed by atoms with E-state index in [1.54, 1.807) is 0 Å². The number of rotatable bonds is 3. The Morgan fingerprint density at radius 1 is 1.29 bits per heavy atom. The topological polar surface area (TPSA) is 26.0 Å². The first kappa shape index (κ1) is 13.4. The summed E-state index contributed by atoms with van der Waals surface area (Å²) in [5, 5.41) is 0. The number of hydrogen-bond acceptors (Lipinski definition) is 2. The molecule has 0 amide bonds. The van der Waals surface area contributed by atoms with Crippen LogP contribution in [-0.4, -0.2) is 12.8 Å². The van der Waals surface area contributed by atoms with Crippen LogP contribution in [0.4, 0.5) is 0 Å². The zero-order valence-electron chi connectivity index (χ0n) is 10.3. The van der Waals surface area contributed by atoms with Crippen molar-refractivity contribution < 1.29 is 0 Å². The van der Waals surface area contributed by atoms with Crippen molar-refractivity contribution in [2.45, 2.75) is 42.4 Å². The van der Waals surface area contributed by atoms with Crippen LogP contribution < -0.4 is 5.73 Å². The summed E-state index contributed by atoms with van der Waals surface area (Å²) in [5.41, 5.74) is 7.79. The van der Waals surface area contributed by atoms with Crippen molar-refractivity contribution in [3.8, 4) is 0 Å². The number of thioether (sulfide) groups is 1. The number of hydrogen-bond donors (Lipinski definition) is 1. The molecule has 0 radical (unpaired) electrons. The van der Waals surface area contributed by atoms with Crippen LogP contribution in [0.3, 0.4) is 0 Å². The molecule has 2 N–H and O–H groups in total.